The summed E-state index contributed by atoms with van der Waals surface area (Å²) in [5.41, 5.74) is 0. The Balaban J connectivity index is 0.000000220. The van der Waals surface area contributed by atoms with Crippen molar-refractivity contribution in [3.63, 3.8) is 0 Å². The molecule has 26 heavy (non-hydrogen) atoms. The molecule has 0 unspecified atom stereocenters. The zero-order valence-electron chi connectivity index (χ0n) is 16.0. The van der Waals surface area contributed by atoms with Crippen molar-refractivity contribution in [3.8, 4) is 0 Å². The molecule has 0 nitrogen and oxygen atoms in total. The van der Waals surface area contributed by atoms with Crippen molar-refractivity contribution < 1.29 is 24.2 Å². The molecule has 2 aliphatic rings. The van der Waals surface area contributed by atoms with Crippen LogP contribution in [0.4, 0.5) is 0 Å². The molecule has 5 rings (SSSR count). The van der Waals surface area contributed by atoms with Crippen LogP contribution in [0.15, 0.2) is 72.8 Å². The number of hydrogen-bond donors (Lipinski definition) is 0. The maximum atomic E-state index is 2.99. The van der Waals surface area contributed by atoms with Gasteiger partial charge in [0.2, 0.25) is 0 Å². The summed E-state index contributed by atoms with van der Waals surface area (Å²) in [6.45, 7) is 0. The van der Waals surface area contributed by atoms with Gasteiger partial charge < -0.3 is 14.9 Å². The van der Waals surface area contributed by atoms with E-state index in [-0.39, 0.29) is 14.9 Å². The van der Waals surface area contributed by atoms with Crippen molar-refractivity contribution in [2.75, 3.05) is 0 Å². The van der Waals surface area contributed by atoms with Gasteiger partial charge in [-0.1, -0.05) is 36.4 Å². The normalized spacial score (nSPS) is 14.0. The molecule has 0 atom stereocenters. The second-order valence-corrected chi connectivity index (χ2v) is 7.87. The minimum Gasteiger partial charge on any atom is -0.126 e. The Labute approximate surface area is 174 Å². The summed E-state index contributed by atoms with van der Waals surface area (Å²) >= 11 is 1.68. The van der Waals surface area contributed by atoms with Crippen molar-refractivity contribution >= 4 is 24.8 Å². The molecular weight excluding hydrogens is 391 g/mol. The third-order valence-corrected chi connectivity index (χ3v) is 5.54. The van der Waals surface area contributed by atoms with Gasteiger partial charge in [-0.2, -0.15) is 6.08 Å². The van der Waals surface area contributed by atoms with E-state index in [9.17, 15) is 0 Å². The summed E-state index contributed by atoms with van der Waals surface area (Å²) in [5.74, 6) is 0. The number of fused-ring (bicyclic) bond motifs is 3. The first-order chi connectivity index (χ1) is 11.8. The van der Waals surface area contributed by atoms with Crippen LogP contribution in [0, 0.1) is 20.9 Å². The second-order valence-electron chi connectivity index (χ2n) is 6.13. The first-order valence-electron chi connectivity index (χ1n) is 8.66. The van der Waals surface area contributed by atoms with Gasteiger partial charge in [0.15, 0.2) is 0 Å². The SMILES string of the molecule is [C-]1=CC=CC1.[CH3-].[CH3-].[Zr]=[C]1CCCC1.c1ccc2c(c1)[cH-]c1ccccc12. The fourth-order valence-electron chi connectivity index (χ4n) is 3.05. The van der Waals surface area contributed by atoms with Crippen LogP contribution >= 0.6 is 0 Å². The predicted octanol–water partition coefficient (Wildman–Crippen LogP) is 7.20. The molecule has 0 amide bonds. The molecule has 1 fully saturated rings. The van der Waals surface area contributed by atoms with Crippen LogP contribution in [-0.2, 0) is 24.2 Å². The quantitative estimate of drug-likeness (QED) is 0.338. The molecule has 0 N–H and O–H groups in total. The number of hydrogen-bond acceptors (Lipinski definition) is 0. The van der Waals surface area contributed by atoms with Crippen LogP contribution in [0.2, 0.25) is 0 Å². The minimum atomic E-state index is 0. The van der Waals surface area contributed by atoms with Crippen LogP contribution in [0.25, 0.3) is 21.5 Å². The van der Waals surface area contributed by atoms with Gasteiger partial charge in [0.25, 0.3) is 0 Å². The summed E-state index contributed by atoms with van der Waals surface area (Å²) in [7, 11) is 0. The van der Waals surface area contributed by atoms with Gasteiger partial charge in [-0.25, -0.2) is 12.2 Å². The smallest absolute Gasteiger partial charge is 0.0771 e. The van der Waals surface area contributed by atoms with E-state index < -0.39 is 0 Å². The summed E-state index contributed by atoms with van der Waals surface area (Å²) in [6.07, 6.45) is 15.8. The van der Waals surface area contributed by atoms with E-state index in [1.807, 2.05) is 12.2 Å². The summed E-state index contributed by atoms with van der Waals surface area (Å²) in [6, 6.07) is 19.3. The van der Waals surface area contributed by atoms with Gasteiger partial charge in [0.1, 0.15) is 0 Å². The maximum Gasteiger partial charge on any atom is -0.0771 e. The van der Waals surface area contributed by atoms with E-state index in [0.717, 1.165) is 6.42 Å². The monoisotopic (exact) mass is 418 g/mol. The third kappa shape index (κ3) is 6.36. The molecule has 0 bridgehead atoms. The molecule has 0 saturated heterocycles. The van der Waals surface area contributed by atoms with Crippen LogP contribution in [-0.4, -0.2) is 3.21 Å². The first kappa shape index (κ1) is 22.6. The molecular formula is C25H28Zr-4. The number of rotatable bonds is 0. The summed E-state index contributed by atoms with van der Waals surface area (Å²) in [5, 5.41) is 5.39. The molecule has 0 spiro atoms. The van der Waals surface area contributed by atoms with E-state index in [0.29, 0.717) is 0 Å². The molecule has 0 heterocycles. The van der Waals surface area contributed by atoms with Crippen LogP contribution in [0.3, 0.4) is 0 Å². The van der Waals surface area contributed by atoms with E-state index in [1.165, 1.54) is 47.2 Å². The average molecular weight is 420 g/mol. The fourth-order valence-corrected chi connectivity index (χ4v) is 3.91. The molecule has 3 aromatic carbocycles. The second kappa shape index (κ2) is 12.0. The molecule has 0 radical (unpaired) electrons. The van der Waals surface area contributed by atoms with Gasteiger partial charge in [0.05, 0.1) is 0 Å². The summed E-state index contributed by atoms with van der Waals surface area (Å²) < 4.78 is 1.79. The molecule has 1 saturated carbocycles. The number of benzene rings is 2. The topological polar surface area (TPSA) is 0 Å². The largest absolute Gasteiger partial charge is 0.126 e. The average Bonchev–Trinajstić information content (AvgIpc) is 3.38. The Morgan fingerprint density at radius 3 is 1.69 bits per heavy atom. The van der Waals surface area contributed by atoms with Crippen molar-refractivity contribution in [2.24, 2.45) is 0 Å². The van der Waals surface area contributed by atoms with Crippen molar-refractivity contribution in [3.05, 3.63) is 93.8 Å². The van der Waals surface area contributed by atoms with Crippen molar-refractivity contribution in [2.45, 2.75) is 32.1 Å². The van der Waals surface area contributed by atoms with Crippen molar-refractivity contribution in [1.29, 1.82) is 0 Å². The van der Waals surface area contributed by atoms with Gasteiger partial charge in [-0.15, -0.1) is 46.2 Å². The number of allylic oxidation sites excluding steroid dienone is 4. The van der Waals surface area contributed by atoms with Gasteiger partial charge >= 0.3 is 53.1 Å². The Hall–Kier alpha value is -1.46. The van der Waals surface area contributed by atoms with Crippen LogP contribution in [0.1, 0.15) is 32.1 Å². The van der Waals surface area contributed by atoms with E-state index in [1.54, 1.807) is 27.4 Å². The van der Waals surface area contributed by atoms with E-state index >= 15 is 0 Å². The molecule has 2 aliphatic carbocycles. The maximum absolute atomic E-state index is 2.99. The predicted molar refractivity (Wildman–Crippen MR) is 115 cm³/mol. The Morgan fingerprint density at radius 2 is 1.35 bits per heavy atom. The minimum absolute atomic E-state index is 0. The molecule has 0 aliphatic heterocycles. The van der Waals surface area contributed by atoms with Gasteiger partial charge in [-0.3, -0.25) is 6.08 Å². The van der Waals surface area contributed by atoms with E-state index in [2.05, 4.69) is 66.7 Å². The zero-order chi connectivity index (χ0) is 16.6. The van der Waals surface area contributed by atoms with Gasteiger partial charge in [-0.05, 0) is 0 Å². The van der Waals surface area contributed by atoms with Crippen molar-refractivity contribution in [1.82, 2.24) is 0 Å². The Kier molecular flexibility index (Phi) is 10.4. The van der Waals surface area contributed by atoms with E-state index in [4.69, 9.17) is 0 Å². The molecule has 1 heteroatoms. The zero-order valence-corrected chi connectivity index (χ0v) is 18.4. The Morgan fingerprint density at radius 1 is 0.808 bits per heavy atom. The fraction of sp³-hybridized carbons (Fsp3) is 0.200. The van der Waals surface area contributed by atoms with Crippen LogP contribution < -0.4 is 0 Å². The van der Waals surface area contributed by atoms with Gasteiger partial charge in [0, 0.05) is 0 Å². The van der Waals surface area contributed by atoms with Crippen LogP contribution in [0.5, 0.6) is 0 Å². The molecule has 136 valence electrons. The summed E-state index contributed by atoms with van der Waals surface area (Å²) in [4.78, 5) is 0. The standard InChI is InChI=1S/C13H9.C5H8.C5H5.2CH3.Zr/c1-3-7-12-10(5-1)9-11-6-2-4-8-13(11)12;2*1-2-4-5-3-1;;;/h1-9H;1-4H2;1-3H,4H2;2*1H3;/q-1;;3*-1;. The third-order valence-electron chi connectivity index (χ3n) is 4.32. The Bertz CT molecular complexity index is 796. The first-order valence-corrected chi connectivity index (χ1v) is 9.89. The molecule has 0 aromatic heterocycles. The molecule has 3 aromatic rings.